The van der Waals surface area contributed by atoms with Crippen molar-refractivity contribution < 1.29 is 17.2 Å². The van der Waals surface area contributed by atoms with E-state index < -0.39 is 21.7 Å². The molecule has 0 saturated carbocycles. The van der Waals surface area contributed by atoms with Crippen molar-refractivity contribution in [2.24, 2.45) is 0 Å². The van der Waals surface area contributed by atoms with Crippen molar-refractivity contribution in [3.05, 3.63) is 65.2 Å². The Labute approximate surface area is 121 Å². The van der Waals surface area contributed by atoms with Crippen LogP contribution in [0, 0.1) is 11.6 Å². The van der Waals surface area contributed by atoms with Crippen LogP contribution in [0.25, 0.3) is 0 Å². The van der Waals surface area contributed by atoms with Gasteiger partial charge >= 0.3 is 0 Å². The molecule has 3 N–H and O–H groups in total. The van der Waals surface area contributed by atoms with E-state index in [1.54, 1.807) is 24.3 Å². The van der Waals surface area contributed by atoms with Gasteiger partial charge in [-0.15, -0.1) is 0 Å². The highest BCUT2D eigenvalue weighted by Crippen LogP contribution is 2.11. The molecule has 0 aliphatic rings. The lowest BCUT2D eigenvalue weighted by atomic mass is 10.2. The predicted molar refractivity (Wildman–Crippen MR) is 76.7 cm³/mol. The van der Waals surface area contributed by atoms with Gasteiger partial charge in [-0.25, -0.2) is 21.9 Å². The first-order valence-corrected chi connectivity index (χ1v) is 7.77. The number of rotatable bonds is 5. The molecule has 2 aromatic rings. The Morgan fingerprint density at radius 1 is 1.00 bits per heavy atom. The molecule has 0 aromatic heterocycles. The number of nitrogens with one attached hydrogen (secondary N) is 1. The quantitative estimate of drug-likeness (QED) is 0.831. The number of sulfonamides is 1. The van der Waals surface area contributed by atoms with Crippen LogP contribution >= 0.6 is 0 Å². The van der Waals surface area contributed by atoms with E-state index in [-0.39, 0.29) is 12.3 Å². The third-order valence-electron chi connectivity index (χ3n) is 2.79. The van der Waals surface area contributed by atoms with Gasteiger partial charge in [0.05, 0.1) is 5.75 Å². The molecule has 7 heteroatoms. The van der Waals surface area contributed by atoms with Crippen molar-refractivity contribution in [2.45, 2.75) is 12.3 Å². The van der Waals surface area contributed by atoms with E-state index in [2.05, 4.69) is 4.72 Å². The maximum atomic E-state index is 13.0. The summed E-state index contributed by atoms with van der Waals surface area (Å²) in [4.78, 5) is 0. The molecule has 0 saturated heterocycles. The first-order chi connectivity index (χ1) is 9.85. The second-order valence-electron chi connectivity index (χ2n) is 4.57. The van der Waals surface area contributed by atoms with Crippen molar-refractivity contribution >= 4 is 15.7 Å². The lowest BCUT2D eigenvalue weighted by Crippen LogP contribution is -2.24. The molecule has 21 heavy (non-hydrogen) atoms. The number of hydrogen-bond donors (Lipinski definition) is 2. The van der Waals surface area contributed by atoms with Gasteiger partial charge in [-0.1, -0.05) is 18.2 Å². The van der Waals surface area contributed by atoms with Crippen molar-refractivity contribution in [3.63, 3.8) is 0 Å². The SMILES string of the molecule is Nc1cccc(CS(=O)(=O)NCc2ccc(F)c(F)c2)c1. The van der Waals surface area contributed by atoms with Gasteiger partial charge in [-0.3, -0.25) is 0 Å². The second-order valence-corrected chi connectivity index (χ2v) is 6.38. The molecule has 0 aliphatic carbocycles. The minimum Gasteiger partial charge on any atom is -0.399 e. The number of nitrogens with two attached hydrogens (primary N) is 1. The summed E-state index contributed by atoms with van der Waals surface area (Å²) in [6, 6.07) is 9.76. The number of halogens is 2. The summed E-state index contributed by atoms with van der Waals surface area (Å²) in [7, 11) is -3.59. The van der Waals surface area contributed by atoms with Crippen molar-refractivity contribution in [1.29, 1.82) is 0 Å². The van der Waals surface area contributed by atoms with Crippen molar-refractivity contribution in [1.82, 2.24) is 4.72 Å². The molecule has 2 rings (SSSR count). The Balaban J connectivity index is 2.02. The van der Waals surface area contributed by atoms with Gasteiger partial charge in [0.25, 0.3) is 0 Å². The van der Waals surface area contributed by atoms with Crippen LogP contribution in [0.4, 0.5) is 14.5 Å². The molecule has 0 radical (unpaired) electrons. The van der Waals surface area contributed by atoms with Crippen LogP contribution in [-0.4, -0.2) is 8.42 Å². The van der Waals surface area contributed by atoms with Crippen molar-refractivity contribution in [3.8, 4) is 0 Å². The van der Waals surface area contributed by atoms with Gasteiger partial charge in [-0.2, -0.15) is 0 Å². The minimum atomic E-state index is -3.59. The van der Waals surface area contributed by atoms with Crippen LogP contribution in [0.1, 0.15) is 11.1 Å². The Bertz CT molecular complexity index is 748. The molecule has 0 bridgehead atoms. The normalized spacial score (nSPS) is 11.5. The molecule has 112 valence electrons. The highest BCUT2D eigenvalue weighted by Gasteiger charge is 2.12. The smallest absolute Gasteiger partial charge is 0.216 e. The highest BCUT2D eigenvalue weighted by molar-refractivity contribution is 7.88. The van der Waals surface area contributed by atoms with E-state index >= 15 is 0 Å². The summed E-state index contributed by atoms with van der Waals surface area (Å²) in [5.74, 6) is -2.22. The van der Waals surface area contributed by atoms with Crippen LogP contribution in [0.3, 0.4) is 0 Å². The van der Waals surface area contributed by atoms with E-state index in [1.165, 1.54) is 6.07 Å². The lowest BCUT2D eigenvalue weighted by molar-refractivity contribution is 0.506. The molecule has 0 unspecified atom stereocenters. The molecular formula is C14H14F2N2O2S. The maximum absolute atomic E-state index is 13.0. The highest BCUT2D eigenvalue weighted by atomic mass is 32.2. The Hall–Kier alpha value is -1.99. The first-order valence-electron chi connectivity index (χ1n) is 6.11. The summed E-state index contributed by atoms with van der Waals surface area (Å²) < 4.78 is 52.0. The number of benzene rings is 2. The van der Waals surface area contributed by atoms with Gasteiger partial charge < -0.3 is 5.73 Å². The van der Waals surface area contributed by atoms with Gasteiger partial charge in [0, 0.05) is 12.2 Å². The molecule has 0 amide bonds. The molecule has 0 aliphatic heterocycles. The molecule has 0 heterocycles. The fraction of sp³-hybridized carbons (Fsp3) is 0.143. The van der Waals surface area contributed by atoms with E-state index in [4.69, 9.17) is 5.73 Å². The predicted octanol–water partition coefficient (Wildman–Crippen LogP) is 2.17. The fourth-order valence-corrected chi connectivity index (χ4v) is 2.90. The summed E-state index contributed by atoms with van der Waals surface area (Å²) in [5, 5.41) is 0. The van der Waals surface area contributed by atoms with Gasteiger partial charge in [0.2, 0.25) is 10.0 Å². The average molecular weight is 312 g/mol. The molecule has 0 spiro atoms. The summed E-state index contributed by atoms with van der Waals surface area (Å²) in [6.07, 6.45) is 0. The average Bonchev–Trinajstić information content (AvgIpc) is 2.40. The number of nitrogen functional groups attached to an aromatic ring is 1. The van der Waals surface area contributed by atoms with E-state index in [0.29, 0.717) is 16.8 Å². The third-order valence-corrected chi connectivity index (χ3v) is 4.09. The molecule has 0 atom stereocenters. The summed E-state index contributed by atoms with van der Waals surface area (Å²) >= 11 is 0. The van der Waals surface area contributed by atoms with Crippen LogP contribution in [0.5, 0.6) is 0 Å². The van der Waals surface area contributed by atoms with Crippen molar-refractivity contribution in [2.75, 3.05) is 5.73 Å². The molecule has 4 nitrogen and oxygen atoms in total. The van der Waals surface area contributed by atoms with Gasteiger partial charge in [0.1, 0.15) is 0 Å². The standard InChI is InChI=1S/C14H14F2N2O2S/c15-13-5-4-10(7-14(13)16)8-18-21(19,20)9-11-2-1-3-12(17)6-11/h1-7,18H,8-9,17H2. The van der Waals surface area contributed by atoms with E-state index in [9.17, 15) is 17.2 Å². The Morgan fingerprint density at radius 2 is 1.76 bits per heavy atom. The minimum absolute atomic E-state index is 0.109. The van der Waals surface area contributed by atoms with E-state index in [1.807, 2.05) is 0 Å². The number of hydrogen-bond acceptors (Lipinski definition) is 3. The first kappa shape index (κ1) is 15.4. The Kier molecular flexibility index (Phi) is 4.54. The fourth-order valence-electron chi connectivity index (χ4n) is 1.80. The van der Waals surface area contributed by atoms with Gasteiger partial charge in [-0.05, 0) is 35.4 Å². The monoisotopic (exact) mass is 312 g/mol. The zero-order valence-corrected chi connectivity index (χ0v) is 11.8. The summed E-state index contributed by atoms with van der Waals surface area (Å²) in [6.45, 7) is -0.109. The summed E-state index contributed by atoms with van der Waals surface area (Å²) in [5.41, 5.74) is 6.94. The third kappa shape index (κ3) is 4.51. The second kappa shape index (κ2) is 6.19. The molecular weight excluding hydrogens is 298 g/mol. The maximum Gasteiger partial charge on any atom is 0.216 e. The number of anilines is 1. The zero-order valence-electron chi connectivity index (χ0n) is 11.0. The zero-order chi connectivity index (χ0) is 15.5. The van der Waals surface area contributed by atoms with E-state index in [0.717, 1.165) is 12.1 Å². The largest absolute Gasteiger partial charge is 0.399 e. The lowest BCUT2D eigenvalue weighted by Gasteiger charge is -2.08. The molecule has 0 fully saturated rings. The van der Waals surface area contributed by atoms with Crippen LogP contribution in [-0.2, 0) is 22.3 Å². The van der Waals surface area contributed by atoms with Crippen LogP contribution in [0.15, 0.2) is 42.5 Å². The van der Waals surface area contributed by atoms with Crippen LogP contribution < -0.4 is 10.5 Å². The van der Waals surface area contributed by atoms with Gasteiger partial charge in [0.15, 0.2) is 11.6 Å². The topological polar surface area (TPSA) is 72.2 Å². The van der Waals surface area contributed by atoms with Crippen LogP contribution in [0.2, 0.25) is 0 Å². The Morgan fingerprint density at radius 3 is 2.43 bits per heavy atom. The molecule has 2 aromatic carbocycles.